The Labute approximate surface area is 175 Å². The van der Waals surface area contributed by atoms with Gasteiger partial charge < -0.3 is 15.0 Å². The van der Waals surface area contributed by atoms with Gasteiger partial charge in [0.2, 0.25) is 5.91 Å². The van der Waals surface area contributed by atoms with Gasteiger partial charge in [-0.05, 0) is 37.9 Å². The van der Waals surface area contributed by atoms with E-state index in [0.717, 1.165) is 48.3 Å². The van der Waals surface area contributed by atoms with Gasteiger partial charge in [0.05, 0.1) is 30.1 Å². The van der Waals surface area contributed by atoms with Crippen LogP contribution >= 0.6 is 0 Å². The van der Waals surface area contributed by atoms with Gasteiger partial charge in [-0.3, -0.25) is 9.48 Å². The molecule has 1 amide bonds. The molecule has 158 valence electrons. The molecule has 4 heterocycles. The molecule has 0 aromatic carbocycles. The first-order valence-electron chi connectivity index (χ1n) is 10.6. The number of hydrogen-bond acceptors (Lipinski definition) is 5. The minimum absolute atomic E-state index is 0.0662. The van der Waals surface area contributed by atoms with E-state index in [1.807, 2.05) is 36.3 Å². The number of carbonyl (C=O) groups is 1. The van der Waals surface area contributed by atoms with E-state index in [9.17, 15) is 4.79 Å². The largest absolute Gasteiger partial charge is 0.372 e. The van der Waals surface area contributed by atoms with Crippen LogP contribution in [0.5, 0.6) is 0 Å². The number of likely N-dealkylation sites (tertiary alicyclic amines) is 1. The van der Waals surface area contributed by atoms with E-state index in [4.69, 9.17) is 4.74 Å². The van der Waals surface area contributed by atoms with Crippen LogP contribution in [-0.4, -0.2) is 56.4 Å². The fraction of sp³-hybridized carbons (Fsp3) is 0.500. The number of carbonyl (C=O) groups excluding carboxylic acids is 1. The summed E-state index contributed by atoms with van der Waals surface area (Å²) in [5, 5.41) is 11.9. The first-order chi connectivity index (χ1) is 14.5. The normalized spacial score (nSPS) is 22.1. The van der Waals surface area contributed by atoms with Gasteiger partial charge in [0.25, 0.3) is 0 Å². The van der Waals surface area contributed by atoms with Crippen LogP contribution in [-0.2, 0) is 23.2 Å². The number of aromatic nitrogens is 4. The molecule has 0 unspecified atom stereocenters. The maximum Gasteiger partial charge on any atom is 0.228 e. The summed E-state index contributed by atoms with van der Waals surface area (Å²) in [5.74, 6) is 1.35. The van der Waals surface area contributed by atoms with Crippen molar-refractivity contribution in [2.45, 2.75) is 32.5 Å². The number of rotatable bonds is 6. The molecule has 3 aromatic heterocycles. The van der Waals surface area contributed by atoms with Gasteiger partial charge in [-0.2, -0.15) is 10.2 Å². The number of fused-ring (bicyclic) bond motifs is 1. The topological polar surface area (TPSA) is 76.7 Å². The van der Waals surface area contributed by atoms with Crippen molar-refractivity contribution in [3.63, 3.8) is 0 Å². The number of ether oxygens (including phenoxy) is 1. The van der Waals surface area contributed by atoms with Crippen LogP contribution < -0.4 is 5.32 Å². The molecule has 5 rings (SSSR count). The van der Waals surface area contributed by atoms with Crippen LogP contribution in [0.2, 0.25) is 0 Å². The van der Waals surface area contributed by atoms with Crippen molar-refractivity contribution in [1.82, 2.24) is 24.3 Å². The highest BCUT2D eigenvalue weighted by Gasteiger charge is 2.30. The predicted molar refractivity (Wildman–Crippen MR) is 114 cm³/mol. The lowest BCUT2D eigenvalue weighted by Crippen LogP contribution is -2.21. The maximum atomic E-state index is 12.0. The summed E-state index contributed by atoms with van der Waals surface area (Å²) >= 11 is 0. The first kappa shape index (κ1) is 19.3. The van der Waals surface area contributed by atoms with Crippen molar-refractivity contribution in [1.29, 1.82) is 0 Å². The molecule has 1 aliphatic carbocycles. The monoisotopic (exact) mass is 408 g/mol. The molecule has 1 N–H and O–H groups in total. The number of likely N-dealkylation sites (N-methyl/N-ethyl adjacent to an activating group) is 1. The van der Waals surface area contributed by atoms with E-state index in [1.54, 1.807) is 4.52 Å². The van der Waals surface area contributed by atoms with Crippen LogP contribution in [0.25, 0.3) is 16.8 Å². The van der Waals surface area contributed by atoms with Gasteiger partial charge in [-0.1, -0.05) is 6.92 Å². The van der Waals surface area contributed by atoms with E-state index in [0.29, 0.717) is 18.3 Å². The van der Waals surface area contributed by atoms with E-state index in [2.05, 4.69) is 40.5 Å². The van der Waals surface area contributed by atoms with Crippen molar-refractivity contribution in [3.8, 4) is 11.3 Å². The second-order valence-corrected chi connectivity index (χ2v) is 8.77. The summed E-state index contributed by atoms with van der Waals surface area (Å²) in [6.45, 7) is 4.82. The van der Waals surface area contributed by atoms with Crippen molar-refractivity contribution >= 4 is 17.2 Å². The molecule has 8 nitrogen and oxygen atoms in total. The molecule has 0 bridgehead atoms. The lowest BCUT2D eigenvalue weighted by molar-refractivity contribution is -0.117. The Hall–Kier alpha value is -2.71. The Morgan fingerprint density at radius 1 is 1.27 bits per heavy atom. The smallest absolute Gasteiger partial charge is 0.228 e. The predicted octanol–water partition coefficient (Wildman–Crippen LogP) is 2.55. The molecule has 1 aliphatic heterocycles. The summed E-state index contributed by atoms with van der Waals surface area (Å²) in [4.78, 5) is 14.3. The summed E-state index contributed by atoms with van der Waals surface area (Å²) in [6.07, 6.45) is 6.01. The zero-order valence-electron chi connectivity index (χ0n) is 17.7. The lowest BCUT2D eigenvalue weighted by atomic mass is 10.1. The molecule has 2 atom stereocenters. The molecule has 1 saturated heterocycles. The molecule has 0 spiro atoms. The van der Waals surface area contributed by atoms with E-state index < -0.39 is 0 Å². The van der Waals surface area contributed by atoms with Crippen LogP contribution in [0.3, 0.4) is 0 Å². The molecular weight excluding hydrogens is 380 g/mol. The zero-order chi connectivity index (χ0) is 20.8. The SMILES string of the molecule is C[C@H]1CN(C)C[C@H]1OCc1cnn(C)c1-c1ccn2nc(NC(=O)C3CC3)cc2c1. The van der Waals surface area contributed by atoms with E-state index in [-0.39, 0.29) is 17.9 Å². The molecule has 2 aliphatic rings. The lowest BCUT2D eigenvalue weighted by Gasteiger charge is -2.16. The number of nitrogens with one attached hydrogen (secondary N) is 1. The fourth-order valence-electron chi connectivity index (χ4n) is 4.32. The Balaban J connectivity index is 1.36. The number of anilines is 1. The highest BCUT2D eigenvalue weighted by Crippen LogP contribution is 2.31. The van der Waals surface area contributed by atoms with Crippen LogP contribution in [0.1, 0.15) is 25.3 Å². The Bertz CT molecular complexity index is 1080. The molecule has 2 fully saturated rings. The second kappa shape index (κ2) is 7.52. The minimum Gasteiger partial charge on any atom is -0.372 e. The van der Waals surface area contributed by atoms with E-state index >= 15 is 0 Å². The molecule has 30 heavy (non-hydrogen) atoms. The van der Waals surface area contributed by atoms with Crippen LogP contribution in [0.4, 0.5) is 5.82 Å². The van der Waals surface area contributed by atoms with Gasteiger partial charge >= 0.3 is 0 Å². The molecule has 3 aromatic rings. The highest BCUT2D eigenvalue weighted by atomic mass is 16.5. The van der Waals surface area contributed by atoms with Crippen molar-refractivity contribution < 1.29 is 9.53 Å². The number of amides is 1. The van der Waals surface area contributed by atoms with E-state index in [1.165, 1.54) is 0 Å². The quantitative estimate of drug-likeness (QED) is 0.678. The van der Waals surface area contributed by atoms with Crippen LogP contribution in [0.15, 0.2) is 30.6 Å². The highest BCUT2D eigenvalue weighted by molar-refractivity contribution is 5.93. The third-order valence-electron chi connectivity index (χ3n) is 6.13. The van der Waals surface area contributed by atoms with Crippen molar-refractivity contribution in [3.05, 3.63) is 36.2 Å². The molecule has 1 saturated carbocycles. The van der Waals surface area contributed by atoms with Crippen LogP contribution in [0, 0.1) is 11.8 Å². The van der Waals surface area contributed by atoms with Crippen molar-refractivity contribution in [2.24, 2.45) is 18.9 Å². The second-order valence-electron chi connectivity index (χ2n) is 8.77. The minimum atomic E-state index is 0.0662. The average Bonchev–Trinajstić information content (AvgIpc) is 3.28. The van der Waals surface area contributed by atoms with Gasteiger partial charge in [-0.25, -0.2) is 4.52 Å². The summed E-state index contributed by atoms with van der Waals surface area (Å²) in [5.41, 5.74) is 4.10. The summed E-state index contributed by atoms with van der Waals surface area (Å²) in [6, 6.07) is 6.01. The molecule has 8 heteroatoms. The Morgan fingerprint density at radius 3 is 2.83 bits per heavy atom. The van der Waals surface area contributed by atoms with Gasteiger partial charge in [0.15, 0.2) is 5.82 Å². The maximum absolute atomic E-state index is 12.0. The standard InChI is InChI=1S/C22H28N6O2/c1-14-11-26(2)12-19(14)30-13-17-10-23-27(3)21(17)16-6-7-28-18(8-16)9-20(25-28)24-22(29)15-4-5-15/h6-10,14-15,19H,4-5,11-13H2,1-3H3,(H,24,25,29)/t14-,19+/m0/s1. The van der Waals surface area contributed by atoms with Gasteiger partial charge in [-0.15, -0.1) is 0 Å². The number of aryl methyl sites for hydroxylation is 1. The first-order valence-corrected chi connectivity index (χ1v) is 10.6. The Kier molecular flexibility index (Phi) is 4.83. The molecule has 0 radical (unpaired) electrons. The number of pyridine rings is 1. The Morgan fingerprint density at radius 2 is 2.10 bits per heavy atom. The number of hydrogen-bond donors (Lipinski definition) is 1. The average molecular weight is 409 g/mol. The summed E-state index contributed by atoms with van der Waals surface area (Å²) in [7, 11) is 4.09. The molecular formula is C22H28N6O2. The zero-order valence-corrected chi connectivity index (χ0v) is 17.7. The fourth-order valence-corrected chi connectivity index (χ4v) is 4.32. The van der Waals surface area contributed by atoms with Gasteiger partial charge in [0, 0.05) is 49.4 Å². The van der Waals surface area contributed by atoms with Crippen molar-refractivity contribution in [2.75, 3.05) is 25.5 Å². The third kappa shape index (κ3) is 3.73. The summed E-state index contributed by atoms with van der Waals surface area (Å²) < 4.78 is 9.93. The third-order valence-corrected chi connectivity index (χ3v) is 6.13. The number of nitrogens with zero attached hydrogens (tertiary/aromatic N) is 5. The van der Waals surface area contributed by atoms with Gasteiger partial charge in [0.1, 0.15) is 0 Å².